The fourth-order valence-electron chi connectivity index (χ4n) is 4.75. The average molecular weight is 740 g/mol. The van der Waals surface area contributed by atoms with Crippen molar-refractivity contribution in [2.75, 3.05) is 13.3 Å². The zero-order chi connectivity index (χ0) is 37.0. The number of fused-ring (bicyclic) bond motifs is 1. The molecule has 5 rings (SSSR count). The molecular weight excluding hydrogens is 716 g/mol. The smallest absolute Gasteiger partial charge is 0.355 e. The fourth-order valence-corrected chi connectivity index (χ4v) is 5.48. The Morgan fingerprint density at radius 2 is 1.46 bits per heavy atom. The van der Waals surface area contributed by atoms with Crippen molar-refractivity contribution in [2.45, 2.75) is 23.9 Å². The van der Waals surface area contributed by atoms with Gasteiger partial charge in [0.25, 0.3) is 5.91 Å². The van der Waals surface area contributed by atoms with E-state index < -0.39 is 62.3 Å². The Kier molecular flexibility index (Phi) is 11.2. The van der Waals surface area contributed by atoms with Crippen LogP contribution in [0.25, 0.3) is 22.0 Å². The second kappa shape index (κ2) is 14.8. The van der Waals surface area contributed by atoms with Crippen molar-refractivity contribution in [3.05, 3.63) is 123 Å². The van der Waals surface area contributed by atoms with Gasteiger partial charge in [-0.25, -0.2) is 23.2 Å². The van der Waals surface area contributed by atoms with Crippen LogP contribution in [0.15, 0.2) is 90.1 Å². The van der Waals surface area contributed by atoms with Crippen LogP contribution in [0.5, 0.6) is 0 Å². The van der Waals surface area contributed by atoms with Gasteiger partial charge in [0.1, 0.15) is 0 Å². The van der Waals surface area contributed by atoms with Crippen molar-refractivity contribution < 1.29 is 54.5 Å². The van der Waals surface area contributed by atoms with Gasteiger partial charge in [-0.15, -0.1) is 0 Å². The molecule has 0 aliphatic rings. The molecule has 2 N–H and O–H groups in total. The number of nitrogens with one attached hydrogen (secondary N) is 1. The molecule has 0 radical (unpaired) electrons. The van der Waals surface area contributed by atoms with Gasteiger partial charge >= 0.3 is 18.3 Å². The third-order valence-electron chi connectivity index (χ3n) is 6.96. The molecule has 1 amide bonds. The van der Waals surface area contributed by atoms with E-state index in [2.05, 4.69) is 20.2 Å². The largest absolute Gasteiger partial charge is 0.416 e. The Balaban J connectivity index is 0.000000435. The van der Waals surface area contributed by atoms with Gasteiger partial charge in [-0.2, -0.15) is 31.6 Å². The maximum absolute atomic E-state index is 13.5. The van der Waals surface area contributed by atoms with Crippen LogP contribution in [0.3, 0.4) is 0 Å². The highest BCUT2D eigenvalue weighted by molar-refractivity contribution is 7.90. The normalized spacial score (nSPS) is 11.8. The number of hydrogen-bond donors (Lipinski definition) is 2. The molecule has 0 spiro atoms. The van der Waals surface area contributed by atoms with E-state index in [9.17, 15) is 44.3 Å². The quantitative estimate of drug-likeness (QED) is 0.0785. The number of alkyl halides is 6. The summed E-state index contributed by atoms with van der Waals surface area (Å²) in [5.74, 6) is -1.62. The van der Waals surface area contributed by atoms with Gasteiger partial charge in [0.05, 0.1) is 33.6 Å². The number of carbonyl (C=O) groups excluding carboxylic acids is 2. The molecule has 4 aromatic carbocycles. The molecule has 0 atom stereocenters. The summed E-state index contributed by atoms with van der Waals surface area (Å²) in [5, 5.41) is 11.3. The van der Waals surface area contributed by atoms with E-state index in [-0.39, 0.29) is 28.6 Å². The van der Waals surface area contributed by atoms with Crippen LogP contribution in [0.1, 0.15) is 43.1 Å². The topological polar surface area (TPSA) is 136 Å². The maximum atomic E-state index is 13.5. The van der Waals surface area contributed by atoms with E-state index in [0.29, 0.717) is 33.5 Å². The number of sulfone groups is 1. The van der Waals surface area contributed by atoms with Crippen molar-refractivity contribution in [3.8, 4) is 11.3 Å². The number of hydrogen-bond acceptors (Lipinski definition) is 8. The molecule has 17 heteroatoms. The number of rotatable bonds is 6. The number of carbonyl (C=O) groups is 2. The molecule has 0 saturated carbocycles. The molecule has 0 fully saturated rings. The molecule has 1 aromatic heterocycles. The summed E-state index contributed by atoms with van der Waals surface area (Å²) in [6.07, 6.45) is -10.1. The lowest BCUT2D eigenvalue weighted by Gasteiger charge is -2.17. The summed E-state index contributed by atoms with van der Waals surface area (Å²) in [7, 11) is -2.87. The summed E-state index contributed by atoms with van der Waals surface area (Å²) in [6, 6.07) is 19.0. The average Bonchev–Trinajstić information content (AvgIpc) is 3.06. The fraction of sp³-hybridized carbons (Fsp3) is 0.152. The highest BCUT2D eigenvalue weighted by Crippen LogP contribution is 2.38. The van der Waals surface area contributed by atoms with Crippen LogP contribution in [0.4, 0.5) is 26.3 Å². The zero-order valence-electron chi connectivity index (χ0n) is 25.7. The predicted molar refractivity (Wildman–Crippen MR) is 170 cm³/mol. The zero-order valence-corrected chi connectivity index (χ0v) is 27.3. The third kappa shape index (κ3) is 8.94. The predicted octanol–water partition coefficient (Wildman–Crippen LogP) is 7.66. The molecule has 0 aliphatic heterocycles. The van der Waals surface area contributed by atoms with Crippen molar-refractivity contribution in [3.63, 3.8) is 0 Å². The third-order valence-corrected chi connectivity index (χ3v) is 8.04. The molecule has 262 valence electrons. The summed E-state index contributed by atoms with van der Waals surface area (Å²) in [4.78, 5) is 35.3. The lowest BCUT2D eigenvalue weighted by Crippen LogP contribution is -2.24. The SMILES string of the molecule is CNC(=O)c1c(Cc2cc(C(F)(F)F)cc(C(F)(F)F)c2)nc(S(C)(=O)=O)nc1-c1cccc2ccccc12.O=C(OO)c1cccc(Cl)c1. The first-order chi connectivity index (χ1) is 23.3. The van der Waals surface area contributed by atoms with Gasteiger partial charge in [-0.05, 0) is 52.7 Å². The van der Waals surface area contributed by atoms with E-state index in [4.69, 9.17) is 16.9 Å². The van der Waals surface area contributed by atoms with E-state index >= 15 is 0 Å². The summed E-state index contributed by atoms with van der Waals surface area (Å²) < 4.78 is 106. The Bertz CT molecular complexity index is 2160. The van der Waals surface area contributed by atoms with Crippen LogP contribution >= 0.6 is 11.6 Å². The molecular formula is C33H24ClF6N3O6S. The Hall–Kier alpha value is -5.06. The lowest BCUT2D eigenvalue weighted by molar-refractivity contribution is -0.182. The first kappa shape index (κ1) is 37.8. The van der Waals surface area contributed by atoms with Gasteiger partial charge in [0, 0.05) is 30.3 Å². The summed E-state index contributed by atoms with van der Waals surface area (Å²) >= 11 is 5.56. The van der Waals surface area contributed by atoms with Gasteiger partial charge in [-0.1, -0.05) is 60.1 Å². The van der Waals surface area contributed by atoms with E-state index in [1.807, 2.05) is 0 Å². The summed E-state index contributed by atoms with van der Waals surface area (Å²) in [6.45, 7) is 0. The number of aromatic nitrogens is 2. The maximum Gasteiger partial charge on any atom is 0.416 e. The van der Waals surface area contributed by atoms with Gasteiger partial charge in [0.15, 0.2) is 0 Å². The molecule has 0 unspecified atom stereocenters. The van der Waals surface area contributed by atoms with Crippen LogP contribution in [-0.4, -0.2) is 48.8 Å². The Morgan fingerprint density at radius 1 is 0.860 bits per heavy atom. The van der Waals surface area contributed by atoms with Gasteiger partial charge in [0.2, 0.25) is 15.0 Å². The van der Waals surface area contributed by atoms with Crippen LogP contribution in [0.2, 0.25) is 5.02 Å². The minimum Gasteiger partial charge on any atom is -0.355 e. The molecule has 0 aliphatic carbocycles. The Labute approximate surface area is 285 Å². The van der Waals surface area contributed by atoms with Crippen LogP contribution in [0, 0.1) is 0 Å². The highest BCUT2D eigenvalue weighted by Gasteiger charge is 2.37. The first-order valence-corrected chi connectivity index (χ1v) is 16.3. The molecule has 1 heterocycles. The minimum absolute atomic E-state index is 0.0212. The molecule has 0 bridgehead atoms. The second-order valence-corrected chi connectivity index (χ2v) is 12.9. The van der Waals surface area contributed by atoms with Crippen molar-refractivity contribution in [1.29, 1.82) is 0 Å². The van der Waals surface area contributed by atoms with E-state index in [0.717, 1.165) is 6.26 Å². The minimum atomic E-state index is -5.10. The number of nitrogens with zero attached hydrogens (tertiary/aromatic N) is 2. The van der Waals surface area contributed by atoms with E-state index in [1.165, 1.54) is 19.2 Å². The highest BCUT2D eigenvalue weighted by atomic mass is 35.5. The standard InChI is InChI=1S/C26H19F6N3O3S.C7H5ClO3/c1-33-23(36)21-20(12-14-10-16(25(27,28)29)13-17(11-14)26(30,31)32)34-24(39(2,37)38)35-22(21)19-9-5-7-15-6-3-4-8-18(15)19;8-6-3-1-2-5(4-6)7(9)11-10/h3-11,13H,12H2,1-2H3,(H,33,36);1-4,10H. The van der Waals surface area contributed by atoms with Crippen LogP contribution < -0.4 is 5.32 Å². The van der Waals surface area contributed by atoms with Gasteiger partial charge < -0.3 is 5.32 Å². The lowest BCUT2D eigenvalue weighted by atomic mass is 9.95. The Morgan fingerprint density at radius 3 is 2.02 bits per heavy atom. The van der Waals surface area contributed by atoms with E-state index in [1.54, 1.807) is 54.6 Å². The van der Waals surface area contributed by atoms with Crippen LogP contribution in [-0.2, 0) is 33.5 Å². The number of halogens is 7. The van der Waals surface area contributed by atoms with Gasteiger partial charge in [-0.3, -0.25) is 9.68 Å². The van der Waals surface area contributed by atoms with Crippen molar-refractivity contribution >= 4 is 44.1 Å². The number of benzene rings is 4. The molecule has 9 nitrogen and oxygen atoms in total. The second-order valence-electron chi connectivity index (χ2n) is 10.5. The monoisotopic (exact) mass is 739 g/mol. The first-order valence-electron chi connectivity index (χ1n) is 14.0. The van der Waals surface area contributed by atoms with Crippen molar-refractivity contribution in [2.24, 2.45) is 0 Å². The molecule has 50 heavy (non-hydrogen) atoms. The number of amides is 1. The molecule has 0 saturated heterocycles. The summed E-state index contributed by atoms with van der Waals surface area (Å²) in [5.41, 5.74) is -3.84. The van der Waals surface area contributed by atoms with Crippen molar-refractivity contribution in [1.82, 2.24) is 15.3 Å². The molecule has 5 aromatic rings.